The van der Waals surface area contributed by atoms with E-state index in [1.54, 1.807) is 12.3 Å². The smallest absolute Gasteiger partial charge is 0.231 e. The molecule has 7 heteroatoms. The molecule has 2 aromatic rings. The van der Waals surface area contributed by atoms with Gasteiger partial charge in [-0.05, 0) is 18.2 Å². The van der Waals surface area contributed by atoms with Gasteiger partial charge in [0.2, 0.25) is 6.79 Å². The number of ether oxygens (including phenoxy) is 3. The lowest BCUT2D eigenvalue weighted by Crippen LogP contribution is -2.51. The first-order valence-corrected chi connectivity index (χ1v) is 7.70. The van der Waals surface area contributed by atoms with E-state index in [2.05, 4.69) is 10.00 Å². The highest BCUT2D eigenvalue weighted by Gasteiger charge is 2.29. The van der Waals surface area contributed by atoms with Crippen LogP contribution in [0.2, 0.25) is 0 Å². The maximum Gasteiger partial charge on any atom is 0.231 e. The fraction of sp³-hybridized carbons (Fsp3) is 0.438. The van der Waals surface area contributed by atoms with Crippen LogP contribution >= 0.6 is 0 Å². The van der Waals surface area contributed by atoms with Gasteiger partial charge >= 0.3 is 0 Å². The first-order valence-electron chi connectivity index (χ1n) is 7.70. The Labute approximate surface area is 134 Å². The van der Waals surface area contributed by atoms with Crippen molar-refractivity contribution in [2.24, 2.45) is 0 Å². The van der Waals surface area contributed by atoms with E-state index >= 15 is 0 Å². The largest absolute Gasteiger partial charge is 0.491 e. The molecule has 1 fully saturated rings. The van der Waals surface area contributed by atoms with E-state index in [4.69, 9.17) is 14.2 Å². The molecule has 0 amide bonds. The molecule has 2 aliphatic heterocycles. The van der Waals surface area contributed by atoms with Gasteiger partial charge in [-0.1, -0.05) is 0 Å². The van der Waals surface area contributed by atoms with Crippen LogP contribution in [0.1, 0.15) is 6.04 Å². The lowest BCUT2D eigenvalue weighted by molar-refractivity contribution is 0.0204. The molecule has 1 aromatic heterocycles. The zero-order valence-electron chi connectivity index (χ0n) is 12.7. The number of aliphatic hydroxyl groups is 1. The zero-order chi connectivity index (χ0) is 15.6. The zero-order valence-corrected chi connectivity index (χ0v) is 12.7. The standard InChI is InChI=1S/C16H19N3O4/c20-13(9-18-7-12(8-18)19-5-1-4-17-19)10-21-14-2-3-15-16(6-14)23-11-22-15/h1-6,12-13,20H,7-11H2/t13-/m0/s1. The number of hydrogen-bond acceptors (Lipinski definition) is 6. The van der Waals surface area contributed by atoms with Crippen LogP contribution in [-0.2, 0) is 0 Å². The van der Waals surface area contributed by atoms with Crippen molar-refractivity contribution in [2.45, 2.75) is 12.1 Å². The molecule has 0 spiro atoms. The normalized spacial score (nSPS) is 18.7. The maximum absolute atomic E-state index is 10.1. The fourth-order valence-corrected chi connectivity index (χ4v) is 2.87. The summed E-state index contributed by atoms with van der Waals surface area (Å²) in [7, 11) is 0. The predicted octanol–water partition coefficient (Wildman–Crippen LogP) is 0.908. The van der Waals surface area contributed by atoms with Crippen LogP contribution in [0.25, 0.3) is 0 Å². The molecule has 0 aliphatic carbocycles. The number of aromatic nitrogens is 2. The van der Waals surface area contributed by atoms with Gasteiger partial charge in [-0.3, -0.25) is 9.58 Å². The Hall–Kier alpha value is -2.25. The minimum atomic E-state index is -0.529. The van der Waals surface area contributed by atoms with Crippen molar-refractivity contribution in [1.29, 1.82) is 0 Å². The Balaban J connectivity index is 1.21. The third-order valence-corrected chi connectivity index (χ3v) is 4.09. The average Bonchev–Trinajstić information content (AvgIpc) is 3.18. The minimum absolute atomic E-state index is 0.244. The minimum Gasteiger partial charge on any atom is -0.491 e. The molecule has 7 nitrogen and oxygen atoms in total. The highest BCUT2D eigenvalue weighted by molar-refractivity contribution is 5.46. The summed E-state index contributed by atoms with van der Waals surface area (Å²) in [6.45, 7) is 2.91. The number of β-amino-alcohol motifs (C(OH)–C–C–N with tert-alkyl or cyclic N) is 1. The second-order valence-electron chi connectivity index (χ2n) is 5.84. The molecule has 1 saturated heterocycles. The van der Waals surface area contributed by atoms with E-state index in [-0.39, 0.29) is 13.4 Å². The Morgan fingerprint density at radius 1 is 1.30 bits per heavy atom. The second-order valence-corrected chi connectivity index (χ2v) is 5.84. The quantitative estimate of drug-likeness (QED) is 0.854. The number of likely N-dealkylation sites (tertiary alicyclic amines) is 1. The van der Waals surface area contributed by atoms with Crippen LogP contribution in [0.4, 0.5) is 0 Å². The Kier molecular flexibility index (Phi) is 3.80. The van der Waals surface area contributed by atoms with Crippen molar-refractivity contribution in [3.63, 3.8) is 0 Å². The number of hydrogen-bond donors (Lipinski definition) is 1. The summed E-state index contributed by atoms with van der Waals surface area (Å²) >= 11 is 0. The van der Waals surface area contributed by atoms with E-state index in [1.807, 2.05) is 29.1 Å². The highest BCUT2D eigenvalue weighted by atomic mass is 16.7. The van der Waals surface area contributed by atoms with Crippen LogP contribution < -0.4 is 14.2 Å². The summed E-state index contributed by atoms with van der Waals surface area (Å²) in [5, 5.41) is 14.3. The van der Waals surface area contributed by atoms with Gasteiger partial charge in [-0.2, -0.15) is 5.10 Å². The number of fused-ring (bicyclic) bond motifs is 1. The number of benzene rings is 1. The molecule has 122 valence electrons. The van der Waals surface area contributed by atoms with Crippen molar-refractivity contribution in [3.05, 3.63) is 36.7 Å². The van der Waals surface area contributed by atoms with Gasteiger partial charge in [-0.25, -0.2) is 0 Å². The SMILES string of the molecule is O[C@H](COc1ccc2c(c1)OCO2)CN1CC(n2cccn2)C1. The first kappa shape index (κ1) is 14.3. The van der Waals surface area contributed by atoms with E-state index in [0.29, 0.717) is 24.1 Å². The Bertz CT molecular complexity index is 655. The second kappa shape index (κ2) is 6.10. The average molecular weight is 317 g/mol. The number of nitrogens with zero attached hydrogens (tertiary/aromatic N) is 3. The molecule has 23 heavy (non-hydrogen) atoms. The summed E-state index contributed by atoms with van der Waals surface area (Å²) in [4.78, 5) is 2.19. The summed E-state index contributed by atoms with van der Waals surface area (Å²) in [6, 6.07) is 7.75. The lowest BCUT2D eigenvalue weighted by Gasteiger charge is -2.40. The topological polar surface area (TPSA) is 69.0 Å². The third kappa shape index (κ3) is 3.11. The molecule has 1 aromatic carbocycles. The van der Waals surface area contributed by atoms with E-state index in [0.717, 1.165) is 18.8 Å². The molecule has 0 bridgehead atoms. The van der Waals surface area contributed by atoms with Crippen molar-refractivity contribution in [3.8, 4) is 17.2 Å². The number of rotatable bonds is 6. The molecular formula is C16H19N3O4. The highest BCUT2D eigenvalue weighted by Crippen LogP contribution is 2.35. The first-order chi connectivity index (χ1) is 11.3. The molecular weight excluding hydrogens is 298 g/mol. The fourth-order valence-electron chi connectivity index (χ4n) is 2.87. The van der Waals surface area contributed by atoms with Crippen LogP contribution in [-0.4, -0.2) is 58.9 Å². The van der Waals surface area contributed by atoms with Gasteiger partial charge < -0.3 is 19.3 Å². The van der Waals surface area contributed by atoms with Crippen molar-refractivity contribution in [1.82, 2.24) is 14.7 Å². The monoisotopic (exact) mass is 317 g/mol. The maximum atomic E-state index is 10.1. The van der Waals surface area contributed by atoms with Crippen molar-refractivity contribution >= 4 is 0 Å². The molecule has 1 atom stereocenters. The van der Waals surface area contributed by atoms with Crippen LogP contribution in [0.15, 0.2) is 36.7 Å². The molecule has 2 aliphatic rings. The molecule has 0 unspecified atom stereocenters. The Morgan fingerprint density at radius 3 is 3.00 bits per heavy atom. The summed E-state index contributed by atoms with van der Waals surface area (Å²) < 4.78 is 18.2. The molecule has 0 saturated carbocycles. The van der Waals surface area contributed by atoms with E-state index in [1.165, 1.54) is 0 Å². The van der Waals surface area contributed by atoms with Crippen LogP contribution in [0.3, 0.4) is 0 Å². The molecule has 4 rings (SSSR count). The van der Waals surface area contributed by atoms with Gasteiger partial charge in [0, 0.05) is 38.1 Å². The van der Waals surface area contributed by atoms with Crippen molar-refractivity contribution in [2.75, 3.05) is 33.0 Å². The van der Waals surface area contributed by atoms with Gasteiger partial charge in [0.1, 0.15) is 18.5 Å². The molecule has 3 heterocycles. The lowest BCUT2D eigenvalue weighted by atomic mass is 10.1. The van der Waals surface area contributed by atoms with E-state index in [9.17, 15) is 5.11 Å². The third-order valence-electron chi connectivity index (χ3n) is 4.09. The summed E-state index contributed by atoms with van der Waals surface area (Å²) in [5.74, 6) is 2.08. The Morgan fingerprint density at radius 2 is 2.17 bits per heavy atom. The molecule has 0 radical (unpaired) electrons. The number of aliphatic hydroxyl groups excluding tert-OH is 1. The summed E-state index contributed by atoms with van der Waals surface area (Å²) in [5.41, 5.74) is 0. The van der Waals surface area contributed by atoms with Gasteiger partial charge in [-0.15, -0.1) is 0 Å². The van der Waals surface area contributed by atoms with Gasteiger partial charge in [0.05, 0.1) is 6.04 Å². The van der Waals surface area contributed by atoms with Gasteiger partial charge in [0.25, 0.3) is 0 Å². The van der Waals surface area contributed by atoms with Crippen LogP contribution in [0, 0.1) is 0 Å². The van der Waals surface area contributed by atoms with Gasteiger partial charge in [0.15, 0.2) is 11.5 Å². The van der Waals surface area contributed by atoms with Crippen LogP contribution in [0.5, 0.6) is 17.2 Å². The summed E-state index contributed by atoms with van der Waals surface area (Å²) in [6.07, 6.45) is 3.23. The van der Waals surface area contributed by atoms with E-state index < -0.39 is 6.10 Å². The van der Waals surface area contributed by atoms with Crippen molar-refractivity contribution < 1.29 is 19.3 Å². The molecule has 1 N–H and O–H groups in total. The predicted molar refractivity (Wildman–Crippen MR) is 81.8 cm³/mol.